The van der Waals surface area contributed by atoms with Crippen LogP contribution in [0, 0.1) is 0 Å². The molecule has 3 rings (SSSR count). The van der Waals surface area contributed by atoms with Crippen molar-refractivity contribution in [3.8, 4) is 11.3 Å². The Bertz CT molecular complexity index is 757. The molecule has 0 atom stereocenters. The van der Waals surface area contributed by atoms with Crippen LogP contribution in [0.3, 0.4) is 0 Å². The third-order valence-corrected chi connectivity index (χ3v) is 4.80. The lowest BCUT2D eigenvalue weighted by atomic mass is 9.78. The van der Waals surface area contributed by atoms with Crippen molar-refractivity contribution in [1.29, 1.82) is 0 Å². The SMILES string of the molecule is CC1(C)OB(c2cccc(-c3ccc(C(F)(F)F)cn3)c2)OC1(C)C. The average molecular weight is 349 g/mol. The molecule has 0 radical (unpaired) electrons. The summed E-state index contributed by atoms with van der Waals surface area (Å²) in [6, 6.07) is 9.71. The zero-order chi connectivity index (χ0) is 18.5. The first-order chi connectivity index (χ1) is 11.5. The predicted molar refractivity (Wildman–Crippen MR) is 90.4 cm³/mol. The van der Waals surface area contributed by atoms with Crippen LogP contribution in [0.5, 0.6) is 0 Å². The van der Waals surface area contributed by atoms with Crippen molar-refractivity contribution in [2.45, 2.75) is 45.1 Å². The molecular weight excluding hydrogens is 330 g/mol. The topological polar surface area (TPSA) is 31.4 Å². The fourth-order valence-corrected chi connectivity index (χ4v) is 2.56. The van der Waals surface area contributed by atoms with Gasteiger partial charge in [-0.15, -0.1) is 0 Å². The van der Waals surface area contributed by atoms with Crippen LogP contribution in [-0.2, 0) is 15.5 Å². The number of halogens is 3. The molecule has 1 aliphatic rings. The Balaban J connectivity index is 1.88. The molecule has 25 heavy (non-hydrogen) atoms. The molecule has 7 heteroatoms. The fraction of sp³-hybridized carbons (Fsp3) is 0.389. The molecule has 3 nitrogen and oxygen atoms in total. The fourth-order valence-electron chi connectivity index (χ4n) is 2.56. The Morgan fingerprint density at radius 3 is 2.12 bits per heavy atom. The largest absolute Gasteiger partial charge is 0.494 e. The van der Waals surface area contributed by atoms with E-state index in [0.717, 1.165) is 17.7 Å². The predicted octanol–water partition coefficient (Wildman–Crippen LogP) is 4.07. The molecule has 0 aliphatic carbocycles. The van der Waals surface area contributed by atoms with Crippen molar-refractivity contribution >= 4 is 12.6 Å². The van der Waals surface area contributed by atoms with Crippen LogP contribution in [0.1, 0.15) is 33.3 Å². The van der Waals surface area contributed by atoms with E-state index in [9.17, 15) is 13.2 Å². The maximum absolute atomic E-state index is 12.7. The zero-order valence-corrected chi connectivity index (χ0v) is 14.5. The minimum absolute atomic E-state index is 0.458. The lowest BCUT2D eigenvalue weighted by Gasteiger charge is -2.32. The Labute approximate surface area is 145 Å². The number of nitrogens with zero attached hydrogens (tertiary/aromatic N) is 1. The van der Waals surface area contributed by atoms with Crippen molar-refractivity contribution in [2.75, 3.05) is 0 Å². The number of benzene rings is 1. The second-order valence-corrected chi connectivity index (χ2v) is 7.14. The lowest BCUT2D eigenvalue weighted by molar-refractivity contribution is -0.137. The molecule has 1 saturated heterocycles. The van der Waals surface area contributed by atoms with Gasteiger partial charge in [-0.1, -0.05) is 24.3 Å². The van der Waals surface area contributed by atoms with Crippen LogP contribution in [0.15, 0.2) is 42.6 Å². The van der Waals surface area contributed by atoms with E-state index in [2.05, 4.69) is 4.98 Å². The average Bonchev–Trinajstić information content (AvgIpc) is 2.75. The van der Waals surface area contributed by atoms with Gasteiger partial charge in [0, 0.05) is 6.20 Å². The number of aromatic nitrogens is 1. The van der Waals surface area contributed by atoms with E-state index < -0.39 is 30.1 Å². The summed E-state index contributed by atoms with van der Waals surface area (Å²) in [4.78, 5) is 3.94. The van der Waals surface area contributed by atoms with E-state index in [4.69, 9.17) is 9.31 Å². The third-order valence-electron chi connectivity index (χ3n) is 4.80. The van der Waals surface area contributed by atoms with Gasteiger partial charge in [-0.3, -0.25) is 4.98 Å². The molecule has 1 aromatic heterocycles. The summed E-state index contributed by atoms with van der Waals surface area (Å²) in [5.74, 6) is 0. The zero-order valence-electron chi connectivity index (χ0n) is 14.5. The Hall–Kier alpha value is -1.86. The number of hydrogen-bond donors (Lipinski definition) is 0. The van der Waals surface area contributed by atoms with E-state index in [1.54, 1.807) is 6.07 Å². The summed E-state index contributed by atoms with van der Waals surface area (Å²) < 4.78 is 50.0. The van der Waals surface area contributed by atoms with Crippen LogP contribution in [-0.4, -0.2) is 23.3 Å². The van der Waals surface area contributed by atoms with Gasteiger partial charge in [0.25, 0.3) is 0 Å². The molecule has 0 N–H and O–H groups in total. The highest BCUT2D eigenvalue weighted by Gasteiger charge is 2.51. The lowest BCUT2D eigenvalue weighted by Crippen LogP contribution is -2.41. The summed E-state index contributed by atoms with van der Waals surface area (Å²) in [7, 11) is -0.528. The quantitative estimate of drug-likeness (QED) is 0.766. The van der Waals surface area contributed by atoms with E-state index in [0.29, 0.717) is 11.3 Å². The first-order valence-electron chi connectivity index (χ1n) is 7.99. The first-order valence-corrected chi connectivity index (χ1v) is 7.99. The van der Waals surface area contributed by atoms with Crippen LogP contribution in [0.2, 0.25) is 0 Å². The van der Waals surface area contributed by atoms with Crippen LogP contribution in [0.25, 0.3) is 11.3 Å². The highest BCUT2D eigenvalue weighted by Crippen LogP contribution is 2.36. The van der Waals surface area contributed by atoms with Crippen molar-refractivity contribution < 1.29 is 22.5 Å². The molecule has 0 spiro atoms. The van der Waals surface area contributed by atoms with Gasteiger partial charge in [-0.2, -0.15) is 13.2 Å². The van der Waals surface area contributed by atoms with Crippen molar-refractivity contribution in [3.05, 3.63) is 48.2 Å². The molecule has 1 aromatic carbocycles. The summed E-state index contributed by atoms with van der Waals surface area (Å²) in [5, 5.41) is 0. The van der Waals surface area contributed by atoms with Gasteiger partial charge in [0.2, 0.25) is 0 Å². The molecule has 0 amide bonds. The summed E-state index contributed by atoms with van der Waals surface area (Å²) in [6.45, 7) is 7.87. The molecule has 1 fully saturated rings. The first kappa shape index (κ1) is 18.0. The van der Waals surface area contributed by atoms with Gasteiger partial charge in [-0.05, 0) is 50.9 Å². The summed E-state index contributed by atoms with van der Waals surface area (Å²) in [5.41, 5.74) is 0.295. The molecule has 1 aliphatic heterocycles. The highest BCUT2D eigenvalue weighted by atomic mass is 19.4. The molecular formula is C18H19BF3NO2. The number of alkyl halides is 3. The van der Waals surface area contributed by atoms with Crippen molar-refractivity contribution in [3.63, 3.8) is 0 Å². The van der Waals surface area contributed by atoms with Crippen molar-refractivity contribution in [2.24, 2.45) is 0 Å². The molecule has 0 bridgehead atoms. The minimum atomic E-state index is -4.39. The molecule has 2 heterocycles. The van der Waals surface area contributed by atoms with E-state index >= 15 is 0 Å². The van der Waals surface area contributed by atoms with Gasteiger partial charge < -0.3 is 9.31 Å². The van der Waals surface area contributed by atoms with Gasteiger partial charge in [0.15, 0.2) is 0 Å². The maximum atomic E-state index is 12.7. The number of hydrogen-bond acceptors (Lipinski definition) is 3. The van der Waals surface area contributed by atoms with Gasteiger partial charge >= 0.3 is 13.3 Å². The van der Waals surface area contributed by atoms with Crippen molar-refractivity contribution in [1.82, 2.24) is 4.98 Å². The van der Waals surface area contributed by atoms with Crippen LogP contribution < -0.4 is 5.46 Å². The number of pyridine rings is 1. The second kappa shape index (κ2) is 5.85. The van der Waals surface area contributed by atoms with E-state index in [1.165, 1.54) is 6.07 Å². The number of rotatable bonds is 2. The molecule has 0 saturated carbocycles. The molecule has 132 valence electrons. The Kier molecular flexibility index (Phi) is 4.20. The molecule has 2 aromatic rings. The summed E-state index contributed by atoms with van der Waals surface area (Å²) >= 11 is 0. The summed E-state index contributed by atoms with van der Waals surface area (Å²) in [6.07, 6.45) is -3.55. The van der Waals surface area contributed by atoms with E-state index in [1.807, 2.05) is 45.9 Å². The Morgan fingerprint density at radius 2 is 1.60 bits per heavy atom. The van der Waals surface area contributed by atoms with Crippen LogP contribution in [0.4, 0.5) is 13.2 Å². The highest BCUT2D eigenvalue weighted by molar-refractivity contribution is 6.62. The van der Waals surface area contributed by atoms with Gasteiger partial charge in [-0.25, -0.2) is 0 Å². The monoisotopic (exact) mass is 349 g/mol. The van der Waals surface area contributed by atoms with Gasteiger partial charge in [0.1, 0.15) is 0 Å². The van der Waals surface area contributed by atoms with E-state index in [-0.39, 0.29) is 0 Å². The molecule has 0 unspecified atom stereocenters. The maximum Gasteiger partial charge on any atom is 0.494 e. The van der Waals surface area contributed by atoms with Crippen LogP contribution >= 0.6 is 0 Å². The van der Waals surface area contributed by atoms with Gasteiger partial charge in [0.05, 0.1) is 22.5 Å². The second-order valence-electron chi connectivity index (χ2n) is 7.14. The minimum Gasteiger partial charge on any atom is -0.399 e. The standard InChI is InChI=1S/C18H19BF3NO2/c1-16(2)17(3,4)25-19(24-16)14-7-5-6-12(10-14)15-9-8-13(11-23-15)18(20,21)22/h5-11H,1-4H3. The Morgan fingerprint density at radius 1 is 0.960 bits per heavy atom. The third kappa shape index (κ3) is 3.44. The smallest absolute Gasteiger partial charge is 0.399 e. The normalized spacial score (nSPS) is 19.2.